The first-order chi connectivity index (χ1) is 27.3. The lowest BCUT2D eigenvalue weighted by Gasteiger charge is -2.61. The van der Waals surface area contributed by atoms with E-state index in [2.05, 4.69) is 55.4 Å². The van der Waals surface area contributed by atoms with Crippen LogP contribution in [0.2, 0.25) is 0 Å². The Kier molecular flexibility index (Phi) is 16.7. The maximum absolute atomic E-state index is 11.1. The van der Waals surface area contributed by atoms with Crippen LogP contribution in [-0.2, 0) is 0 Å². The Bertz CT molecular complexity index is 1250. The zero-order valence-corrected chi connectivity index (χ0v) is 38.6. The Morgan fingerprint density at radius 3 is 1.10 bits per heavy atom. The van der Waals surface area contributed by atoms with Crippen molar-refractivity contribution in [3.63, 3.8) is 0 Å². The van der Waals surface area contributed by atoms with Gasteiger partial charge in [-0.15, -0.1) is 0 Å². The van der Waals surface area contributed by atoms with E-state index in [0.29, 0.717) is 46.3 Å². The van der Waals surface area contributed by atoms with Crippen LogP contribution in [0.1, 0.15) is 212 Å². The molecule has 8 saturated carbocycles. The molecule has 6 nitrogen and oxygen atoms in total. The summed E-state index contributed by atoms with van der Waals surface area (Å²) in [5, 5.41) is 64.1. The van der Waals surface area contributed by atoms with E-state index in [1.807, 2.05) is 0 Å². The molecule has 8 rings (SSSR count). The molecule has 0 amide bonds. The zero-order chi connectivity index (χ0) is 41.9. The highest BCUT2D eigenvalue weighted by Crippen LogP contribution is 2.69. The van der Waals surface area contributed by atoms with Crippen molar-refractivity contribution in [3.05, 3.63) is 0 Å². The molecule has 6 N–H and O–H groups in total. The van der Waals surface area contributed by atoms with Gasteiger partial charge in [0, 0.05) is 0 Å². The lowest BCUT2D eigenvalue weighted by atomic mass is 9.44. The number of hydrogen-bond donors (Lipinski definition) is 6. The lowest BCUT2D eigenvalue weighted by molar-refractivity contribution is -0.140. The van der Waals surface area contributed by atoms with Crippen LogP contribution in [0.5, 0.6) is 0 Å². The molecular formula is C54H100O6. The second kappa shape index (κ2) is 19.7. The van der Waals surface area contributed by atoms with Gasteiger partial charge in [-0.05, 0) is 234 Å². The predicted molar refractivity (Wildman–Crippen MR) is 248 cm³/mol. The SMILES string of the molecule is C.C.CC(C)CC[C@@H](O)[C@@H](O)[C@H]1CC[C@H]2[C@@H]3CC[C@H]4C[C@@H](O)CC[C@]4(C)[C@H]3CC[C@]12C.CC(C)CC[C@H](O)[C@@H](O)[C@H]1CC[C@H]2[C@@H]3CC[C@H]4C[C@@H](O)CC[C@]4(C)[C@H]3CC[C@]12C. The molecule has 0 aromatic carbocycles. The van der Waals surface area contributed by atoms with E-state index < -0.39 is 24.4 Å². The maximum Gasteiger partial charge on any atom is 0.0832 e. The molecule has 0 aromatic heterocycles. The molecule has 8 fully saturated rings. The van der Waals surface area contributed by atoms with E-state index in [0.717, 1.165) is 87.9 Å². The lowest BCUT2D eigenvalue weighted by Crippen LogP contribution is -2.55. The van der Waals surface area contributed by atoms with Crippen molar-refractivity contribution in [2.75, 3.05) is 0 Å². The fraction of sp³-hybridized carbons (Fsp3) is 1.00. The van der Waals surface area contributed by atoms with E-state index in [1.54, 1.807) is 0 Å². The number of hydrogen-bond acceptors (Lipinski definition) is 6. The van der Waals surface area contributed by atoms with Crippen LogP contribution in [0.3, 0.4) is 0 Å². The summed E-state index contributed by atoms with van der Waals surface area (Å²) in [5.74, 6) is 7.67. The second-order valence-electron chi connectivity index (χ2n) is 24.7. The Labute approximate surface area is 370 Å². The van der Waals surface area contributed by atoms with Gasteiger partial charge in [-0.2, -0.15) is 0 Å². The molecule has 0 heterocycles. The van der Waals surface area contributed by atoms with Crippen molar-refractivity contribution in [2.24, 2.45) is 92.7 Å². The summed E-state index contributed by atoms with van der Waals surface area (Å²) in [7, 11) is 0. The highest BCUT2D eigenvalue weighted by atomic mass is 16.3. The van der Waals surface area contributed by atoms with E-state index in [4.69, 9.17) is 0 Å². The molecule has 352 valence electrons. The van der Waals surface area contributed by atoms with E-state index >= 15 is 0 Å². The second-order valence-corrected chi connectivity index (χ2v) is 24.7. The molecule has 8 aliphatic carbocycles. The quantitative estimate of drug-likeness (QED) is 0.130. The molecule has 0 saturated heterocycles. The van der Waals surface area contributed by atoms with Crippen LogP contribution < -0.4 is 0 Å². The van der Waals surface area contributed by atoms with Gasteiger partial charge < -0.3 is 30.6 Å². The minimum absolute atomic E-state index is 0. The first kappa shape index (κ1) is 50.8. The summed E-state index contributed by atoms with van der Waals surface area (Å²) in [4.78, 5) is 0. The Morgan fingerprint density at radius 2 is 0.750 bits per heavy atom. The number of aliphatic hydroxyl groups is 6. The van der Waals surface area contributed by atoms with Gasteiger partial charge in [-0.25, -0.2) is 0 Å². The normalized spacial score (nSPS) is 47.6. The molecule has 60 heavy (non-hydrogen) atoms. The third-order valence-electron chi connectivity index (χ3n) is 21.1. The molecule has 0 aliphatic heterocycles. The van der Waals surface area contributed by atoms with Crippen LogP contribution in [-0.4, -0.2) is 67.3 Å². The monoisotopic (exact) mass is 845 g/mol. The van der Waals surface area contributed by atoms with Crippen molar-refractivity contribution >= 4 is 0 Å². The van der Waals surface area contributed by atoms with Gasteiger partial charge in [0.1, 0.15) is 0 Å². The Morgan fingerprint density at radius 1 is 0.417 bits per heavy atom. The highest BCUT2D eigenvalue weighted by molar-refractivity contribution is 5.12. The van der Waals surface area contributed by atoms with E-state index in [-0.39, 0.29) is 49.7 Å². The minimum atomic E-state index is -0.566. The maximum atomic E-state index is 11.1. The van der Waals surface area contributed by atoms with Gasteiger partial charge in [-0.3, -0.25) is 0 Å². The van der Waals surface area contributed by atoms with Gasteiger partial charge in [0.25, 0.3) is 0 Å². The number of aliphatic hydroxyl groups excluding tert-OH is 6. The van der Waals surface area contributed by atoms with E-state index in [9.17, 15) is 30.6 Å². The third-order valence-corrected chi connectivity index (χ3v) is 21.1. The summed E-state index contributed by atoms with van der Waals surface area (Å²) in [6, 6.07) is 0. The standard InChI is InChI=1S/2C26H46O3.2CH4/c2*1-16(2)5-10-23(28)24(29)22-9-8-20-19-7-6-17-15-18(27)11-13-25(17,3)21(19)12-14-26(20,22)4;;/h2*16-24,27-29H,5-15H2,1-4H3;2*1H4/t17-,18-,19-,20-,21-,22+,23+,24-,25-,26-;17-,18-,19-,20-,21-,22+,23-,24-,25-,26-;;/m00../s1. The fourth-order valence-corrected chi connectivity index (χ4v) is 17.6. The third kappa shape index (κ3) is 9.26. The Hall–Kier alpha value is -0.240. The van der Waals surface area contributed by atoms with Gasteiger partial charge >= 0.3 is 0 Å². The average molecular weight is 845 g/mol. The van der Waals surface area contributed by atoms with Crippen LogP contribution in [0, 0.1) is 92.7 Å². The summed E-state index contributed by atoms with van der Waals surface area (Å²) in [6.07, 6.45) is 22.3. The van der Waals surface area contributed by atoms with Gasteiger partial charge in [-0.1, -0.05) is 70.2 Å². The van der Waals surface area contributed by atoms with Crippen LogP contribution in [0.25, 0.3) is 0 Å². The predicted octanol–water partition coefficient (Wildman–Crippen LogP) is 11.6. The average Bonchev–Trinajstić information content (AvgIpc) is 3.72. The molecule has 20 atom stereocenters. The summed E-state index contributed by atoms with van der Waals surface area (Å²) >= 11 is 0. The van der Waals surface area contributed by atoms with Crippen molar-refractivity contribution in [1.29, 1.82) is 0 Å². The van der Waals surface area contributed by atoms with Gasteiger partial charge in [0.2, 0.25) is 0 Å². The first-order valence-electron chi connectivity index (χ1n) is 25.4. The minimum Gasteiger partial charge on any atom is -0.393 e. The summed E-state index contributed by atoms with van der Waals surface area (Å²) in [6.45, 7) is 18.7. The largest absolute Gasteiger partial charge is 0.393 e. The summed E-state index contributed by atoms with van der Waals surface area (Å²) < 4.78 is 0. The fourth-order valence-electron chi connectivity index (χ4n) is 17.6. The van der Waals surface area contributed by atoms with Crippen LogP contribution in [0.4, 0.5) is 0 Å². The Balaban J connectivity index is 0.000000220. The molecule has 0 spiro atoms. The number of rotatable bonds is 10. The molecular weight excluding hydrogens is 745 g/mol. The van der Waals surface area contributed by atoms with Gasteiger partial charge in [0.15, 0.2) is 0 Å². The topological polar surface area (TPSA) is 121 Å². The molecule has 6 heteroatoms. The summed E-state index contributed by atoms with van der Waals surface area (Å²) in [5.41, 5.74) is 1.21. The zero-order valence-electron chi connectivity index (χ0n) is 38.6. The van der Waals surface area contributed by atoms with Crippen molar-refractivity contribution < 1.29 is 30.6 Å². The molecule has 8 aliphatic rings. The van der Waals surface area contributed by atoms with E-state index in [1.165, 1.54) is 77.0 Å². The van der Waals surface area contributed by atoms with Crippen molar-refractivity contribution in [1.82, 2.24) is 0 Å². The first-order valence-corrected chi connectivity index (χ1v) is 25.4. The van der Waals surface area contributed by atoms with Gasteiger partial charge in [0.05, 0.1) is 36.6 Å². The highest BCUT2D eigenvalue weighted by Gasteiger charge is 2.63. The molecule has 0 bridgehead atoms. The number of fused-ring (bicyclic) bond motifs is 10. The molecule has 0 unspecified atom stereocenters. The van der Waals surface area contributed by atoms with Crippen molar-refractivity contribution in [3.8, 4) is 0 Å². The smallest absolute Gasteiger partial charge is 0.0832 e. The molecule has 0 aromatic rings. The van der Waals surface area contributed by atoms with Crippen LogP contribution in [0.15, 0.2) is 0 Å². The van der Waals surface area contributed by atoms with Crippen LogP contribution >= 0.6 is 0 Å². The molecule has 0 radical (unpaired) electrons. The van der Waals surface area contributed by atoms with Crippen molar-refractivity contribution in [2.45, 2.75) is 248 Å².